The van der Waals surface area contributed by atoms with Crippen LogP contribution in [0.2, 0.25) is 0 Å². The molecule has 0 aromatic carbocycles. The Labute approximate surface area is 185 Å². The van der Waals surface area contributed by atoms with Gasteiger partial charge in [0, 0.05) is 56.4 Å². The van der Waals surface area contributed by atoms with Gasteiger partial charge in [-0.1, -0.05) is 6.92 Å². The van der Waals surface area contributed by atoms with Crippen molar-refractivity contribution < 1.29 is 14.3 Å². The van der Waals surface area contributed by atoms with Crippen LogP contribution in [0, 0.1) is 25.2 Å². The number of nitrogens with zero attached hydrogens (tertiary/aromatic N) is 3. The van der Waals surface area contributed by atoms with E-state index in [0.717, 1.165) is 75.5 Å². The van der Waals surface area contributed by atoms with Gasteiger partial charge in [0.25, 0.3) is 0 Å². The van der Waals surface area contributed by atoms with E-state index >= 15 is 0 Å². The Morgan fingerprint density at radius 3 is 2.68 bits per heavy atom. The van der Waals surface area contributed by atoms with E-state index in [1.54, 1.807) is 0 Å². The minimum absolute atomic E-state index is 0.103. The number of hydrogen-bond acceptors (Lipinski definition) is 5. The van der Waals surface area contributed by atoms with Gasteiger partial charge in [0.15, 0.2) is 0 Å². The number of piperidine rings is 1. The number of aromatic amines is 1. The Kier molecular flexibility index (Phi) is 6.67. The molecular weight excluding hydrogens is 394 g/mol. The summed E-state index contributed by atoms with van der Waals surface area (Å²) in [5.74, 6) is 0.565. The molecule has 2 saturated heterocycles. The smallest absolute Gasteiger partial charge is 0.228 e. The van der Waals surface area contributed by atoms with E-state index in [2.05, 4.69) is 20.4 Å². The Morgan fingerprint density at radius 2 is 2.00 bits per heavy atom. The molecule has 1 saturated carbocycles. The average Bonchev–Trinajstić information content (AvgIpc) is 3.13. The molecule has 0 spiro atoms. The first-order valence-corrected chi connectivity index (χ1v) is 11.8. The van der Waals surface area contributed by atoms with Crippen molar-refractivity contribution in [1.82, 2.24) is 25.3 Å². The topological polar surface area (TPSA) is 90.6 Å². The third-order valence-corrected chi connectivity index (χ3v) is 7.86. The van der Waals surface area contributed by atoms with Gasteiger partial charge in [-0.3, -0.25) is 19.6 Å². The first-order chi connectivity index (χ1) is 14.9. The predicted molar refractivity (Wildman–Crippen MR) is 117 cm³/mol. The maximum atomic E-state index is 13.7. The van der Waals surface area contributed by atoms with Crippen LogP contribution in [-0.2, 0) is 20.9 Å². The molecule has 3 fully saturated rings. The van der Waals surface area contributed by atoms with Gasteiger partial charge < -0.3 is 15.0 Å². The molecule has 8 heteroatoms. The van der Waals surface area contributed by atoms with Crippen molar-refractivity contribution in [2.75, 3.05) is 39.4 Å². The molecule has 172 valence electrons. The van der Waals surface area contributed by atoms with Crippen molar-refractivity contribution in [3.8, 4) is 0 Å². The summed E-state index contributed by atoms with van der Waals surface area (Å²) in [6.07, 6.45) is 4.27. The second-order valence-electron chi connectivity index (χ2n) is 9.48. The number of carbonyl (C=O) groups is 2. The lowest BCUT2D eigenvalue weighted by Gasteiger charge is -2.53. The van der Waals surface area contributed by atoms with E-state index in [1.807, 2.05) is 25.7 Å². The molecule has 2 amide bonds. The van der Waals surface area contributed by atoms with Crippen molar-refractivity contribution in [2.45, 2.75) is 65.5 Å². The molecule has 0 bridgehead atoms. The number of amides is 2. The van der Waals surface area contributed by atoms with Crippen LogP contribution in [0.4, 0.5) is 0 Å². The second-order valence-corrected chi connectivity index (χ2v) is 9.48. The third kappa shape index (κ3) is 4.37. The van der Waals surface area contributed by atoms with Crippen LogP contribution < -0.4 is 5.32 Å². The van der Waals surface area contributed by atoms with Gasteiger partial charge in [-0.2, -0.15) is 5.10 Å². The van der Waals surface area contributed by atoms with Gasteiger partial charge in [0.05, 0.1) is 24.3 Å². The van der Waals surface area contributed by atoms with Crippen molar-refractivity contribution in [3.63, 3.8) is 0 Å². The van der Waals surface area contributed by atoms with Crippen LogP contribution in [-0.4, -0.2) is 77.2 Å². The zero-order valence-electron chi connectivity index (χ0n) is 19.2. The minimum Gasteiger partial charge on any atom is -0.379 e. The lowest BCUT2D eigenvalue weighted by atomic mass is 9.60. The Hall–Kier alpha value is -1.93. The minimum atomic E-state index is -0.489. The Bertz CT molecular complexity index is 784. The third-order valence-electron chi connectivity index (χ3n) is 7.86. The molecule has 3 aliphatic rings. The van der Waals surface area contributed by atoms with Gasteiger partial charge in [-0.25, -0.2) is 0 Å². The Morgan fingerprint density at radius 1 is 1.23 bits per heavy atom. The molecule has 1 aromatic rings. The van der Waals surface area contributed by atoms with Crippen LogP contribution >= 0.6 is 0 Å². The van der Waals surface area contributed by atoms with E-state index in [4.69, 9.17) is 4.74 Å². The molecule has 0 radical (unpaired) electrons. The quantitative estimate of drug-likeness (QED) is 0.742. The molecule has 3 atom stereocenters. The summed E-state index contributed by atoms with van der Waals surface area (Å²) in [6.45, 7) is 11.2. The van der Waals surface area contributed by atoms with Crippen LogP contribution in [0.15, 0.2) is 0 Å². The van der Waals surface area contributed by atoms with Gasteiger partial charge in [-0.05, 0) is 45.4 Å². The van der Waals surface area contributed by atoms with Crippen molar-refractivity contribution >= 4 is 11.8 Å². The molecule has 1 aromatic heterocycles. The summed E-state index contributed by atoms with van der Waals surface area (Å²) >= 11 is 0. The zero-order chi connectivity index (χ0) is 22.0. The molecular formula is C23H37N5O3. The van der Waals surface area contributed by atoms with Crippen LogP contribution in [0.1, 0.15) is 56.0 Å². The molecule has 4 rings (SSSR count). The molecule has 31 heavy (non-hydrogen) atoms. The molecule has 2 aliphatic heterocycles. The first-order valence-electron chi connectivity index (χ1n) is 11.8. The van der Waals surface area contributed by atoms with E-state index in [1.165, 1.54) is 0 Å². The highest BCUT2D eigenvalue weighted by atomic mass is 16.5. The van der Waals surface area contributed by atoms with E-state index in [-0.39, 0.29) is 11.8 Å². The maximum Gasteiger partial charge on any atom is 0.228 e. The summed E-state index contributed by atoms with van der Waals surface area (Å²) in [6, 6.07) is 0.515. The van der Waals surface area contributed by atoms with Crippen molar-refractivity contribution in [2.24, 2.45) is 11.3 Å². The number of H-pyrrole nitrogens is 1. The highest BCUT2D eigenvalue weighted by Crippen LogP contribution is 2.48. The fourth-order valence-electron chi connectivity index (χ4n) is 5.89. The van der Waals surface area contributed by atoms with Crippen LogP contribution in [0.25, 0.3) is 0 Å². The highest BCUT2D eigenvalue weighted by molar-refractivity contribution is 5.85. The van der Waals surface area contributed by atoms with Gasteiger partial charge in [0.1, 0.15) is 0 Å². The molecule has 2 N–H and O–H groups in total. The second kappa shape index (κ2) is 9.28. The highest BCUT2D eigenvalue weighted by Gasteiger charge is 2.53. The number of likely N-dealkylation sites (tertiary alicyclic amines) is 1. The number of ether oxygens (including phenoxy) is 1. The number of fused-ring (bicyclic) bond motifs is 1. The maximum absolute atomic E-state index is 13.7. The van der Waals surface area contributed by atoms with E-state index < -0.39 is 5.41 Å². The first kappa shape index (κ1) is 22.3. The Balaban J connectivity index is 1.51. The molecule has 8 nitrogen and oxygen atoms in total. The average molecular weight is 432 g/mol. The number of carbonyl (C=O) groups excluding carboxylic acids is 2. The van der Waals surface area contributed by atoms with E-state index in [0.29, 0.717) is 31.5 Å². The largest absolute Gasteiger partial charge is 0.379 e. The van der Waals surface area contributed by atoms with E-state index in [9.17, 15) is 9.59 Å². The monoisotopic (exact) mass is 431 g/mol. The van der Waals surface area contributed by atoms with Crippen molar-refractivity contribution in [1.29, 1.82) is 0 Å². The van der Waals surface area contributed by atoms with Crippen LogP contribution in [0.5, 0.6) is 0 Å². The number of morpholine rings is 1. The number of aromatic nitrogens is 2. The standard InChI is InChI=1S/C23H37N5O3/c1-4-21(29)28-8-6-18-13-19(27-9-11-31-12-10-27)5-7-23(18,15-28)22(30)24-14-20-16(2)25-26-17(20)3/h18-19H,4-15H2,1-3H3,(H,24,30)(H,25,26)/t18-,19-,23-/m1/s1. The molecule has 0 unspecified atom stereocenters. The summed E-state index contributed by atoms with van der Waals surface area (Å²) in [4.78, 5) is 30.7. The van der Waals surface area contributed by atoms with Crippen LogP contribution in [0.3, 0.4) is 0 Å². The number of aryl methyl sites for hydroxylation is 2. The lowest BCUT2D eigenvalue weighted by Crippen LogP contribution is -2.61. The fraction of sp³-hybridized carbons (Fsp3) is 0.783. The van der Waals surface area contributed by atoms with Crippen molar-refractivity contribution in [3.05, 3.63) is 17.0 Å². The van der Waals surface area contributed by atoms with Gasteiger partial charge in [-0.15, -0.1) is 0 Å². The summed E-state index contributed by atoms with van der Waals surface area (Å²) < 4.78 is 5.54. The summed E-state index contributed by atoms with van der Waals surface area (Å²) in [7, 11) is 0. The number of rotatable bonds is 5. The number of hydrogen-bond donors (Lipinski definition) is 2. The van der Waals surface area contributed by atoms with Gasteiger partial charge in [0.2, 0.25) is 11.8 Å². The predicted octanol–water partition coefficient (Wildman–Crippen LogP) is 1.77. The summed E-state index contributed by atoms with van der Waals surface area (Å²) in [5, 5.41) is 10.5. The fourth-order valence-corrected chi connectivity index (χ4v) is 5.89. The molecule has 1 aliphatic carbocycles. The lowest BCUT2D eigenvalue weighted by molar-refractivity contribution is -0.151. The van der Waals surface area contributed by atoms with Gasteiger partial charge >= 0.3 is 0 Å². The normalized spacial score (nSPS) is 29.5. The summed E-state index contributed by atoms with van der Waals surface area (Å²) in [5.41, 5.74) is 2.49. The number of nitrogens with one attached hydrogen (secondary N) is 2. The zero-order valence-corrected chi connectivity index (χ0v) is 19.2. The molecule has 3 heterocycles. The SMILES string of the molecule is CCC(=O)N1CC[C@@H]2C[C@H](N3CCOCC3)CC[C@@]2(C(=O)NCc2c(C)n[nH]c2C)C1.